The van der Waals surface area contributed by atoms with Crippen molar-refractivity contribution in [3.63, 3.8) is 0 Å². The van der Waals surface area contributed by atoms with Gasteiger partial charge in [0.15, 0.2) is 0 Å². The normalized spacial score (nSPS) is 16.0. The lowest BCUT2D eigenvalue weighted by Crippen LogP contribution is -2.17. The van der Waals surface area contributed by atoms with Crippen LogP contribution in [0.3, 0.4) is 0 Å². The van der Waals surface area contributed by atoms with Crippen LogP contribution in [0.15, 0.2) is 32.1 Å². The minimum atomic E-state index is 0.662. The van der Waals surface area contributed by atoms with Gasteiger partial charge in [-0.1, -0.05) is 0 Å². The van der Waals surface area contributed by atoms with Gasteiger partial charge in [-0.3, -0.25) is 4.99 Å². The highest BCUT2D eigenvalue weighted by Gasteiger charge is 2.10. The summed E-state index contributed by atoms with van der Waals surface area (Å²) in [6, 6.07) is 3.89. The molecule has 0 amide bonds. The number of rotatable bonds is 0. The van der Waals surface area contributed by atoms with Crippen molar-refractivity contribution in [3.05, 3.63) is 28.4 Å². The van der Waals surface area contributed by atoms with E-state index in [1.165, 1.54) is 0 Å². The Hall–Kier alpha value is -1.84. The topological polar surface area (TPSA) is 49.4 Å². The lowest BCUT2D eigenvalue weighted by Gasteiger charge is -2.03. The van der Waals surface area contributed by atoms with Crippen LogP contribution in [0, 0.1) is 0 Å². The van der Waals surface area contributed by atoms with Crippen molar-refractivity contribution in [3.8, 4) is 0 Å². The smallest absolute Gasteiger partial charge is 0.116 e. The Bertz CT molecular complexity index is 539. The summed E-state index contributed by atoms with van der Waals surface area (Å²) in [7, 11) is 0. The molecule has 4 nitrogen and oxygen atoms in total. The van der Waals surface area contributed by atoms with Crippen molar-refractivity contribution in [2.45, 2.75) is 6.54 Å². The Morgan fingerprint density at radius 2 is 1.85 bits per heavy atom. The Kier molecular flexibility index (Phi) is 1.19. The predicted octanol–water partition coefficient (Wildman–Crippen LogP) is 0.141. The summed E-state index contributed by atoms with van der Waals surface area (Å²) in [4.78, 5) is 16.6. The van der Waals surface area contributed by atoms with Gasteiger partial charge in [0.25, 0.3) is 0 Å². The molecule has 0 unspecified atom stereocenters. The summed E-state index contributed by atoms with van der Waals surface area (Å²) in [5, 5.41) is 1.88. The van der Waals surface area contributed by atoms with Gasteiger partial charge in [0.2, 0.25) is 0 Å². The second kappa shape index (κ2) is 2.32. The fourth-order valence-corrected chi connectivity index (χ4v) is 1.52. The van der Waals surface area contributed by atoms with Gasteiger partial charge in [0.1, 0.15) is 12.7 Å². The fourth-order valence-electron chi connectivity index (χ4n) is 1.52. The molecule has 0 radical (unpaired) electrons. The van der Waals surface area contributed by atoms with Crippen LogP contribution >= 0.6 is 0 Å². The van der Waals surface area contributed by atoms with Crippen LogP contribution in [-0.2, 0) is 6.54 Å². The molecule has 0 spiro atoms. The first-order chi connectivity index (χ1) is 6.45. The van der Waals surface area contributed by atoms with Gasteiger partial charge in [-0.25, -0.2) is 15.0 Å². The van der Waals surface area contributed by atoms with E-state index >= 15 is 0 Å². The second-order valence-corrected chi connectivity index (χ2v) is 2.89. The maximum Gasteiger partial charge on any atom is 0.116 e. The molecule has 0 atom stereocenters. The van der Waals surface area contributed by atoms with Gasteiger partial charge in [-0.2, -0.15) is 0 Å². The number of aliphatic imine (C=N–C) groups is 2. The van der Waals surface area contributed by atoms with Crippen molar-refractivity contribution < 1.29 is 0 Å². The molecule has 0 saturated carbocycles. The quantitative estimate of drug-likeness (QED) is 0.532. The lowest BCUT2D eigenvalue weighted by atomic mass is 10.1. The molecule has 3 rings (SSSR count). The highest BCUT2D eigenvalue weighted by Crippen LogP contribution is 2.13. The molecular weight excluding hydrogens is 164 g/mol. The number of hydrogen-bond donors (Lipinski definition) is 0. The molecule has 0 saturated heterocycles. The average Bonchev–Trinajstić information content (AvgIpc) is 2.65. The monoisotopic (exact) mass is 170 g/mol. The van der Waals surface area contributed by atoms with Crippen LogP contribution in [0.5, 0.6) is 0 Å². The van der Waals surface area contributed by atoms with Crippen LogP contribution < -0.4 is 10.7 Å². The van der Waals surface area contributed by atoms with E-state index in [1.54, 1.807) is 12.7 Å². The van der Waals surface area contributed by atoms with Crippen molar-refractivity contribution in [2.24, 2.45) is 20.0 Å². The molecule has 2 heterocycles. The van der Waals surface area contributed by atoms with E-state index in [0.29, 0.717) is 6.54 Å². The van der Waals surface area contributed by atoms with Crippen molar-refractivity contribution in [1.82, 2.24) is 0 Å². The maximum atomic E-state index is 4.19. The minimum Gasteiger partial charge on any atom is -0.269 e. The van der Waals surface area contributed by atoms with E-state index in [1.807, 2.05) is 12.1 Å². The van der Waals surface area contributed by atoms with Gasteiger partial charge in [0.05, 0.1) is 22.9 Å². The molecule has 1 aromatic rings. The minimum absolute atomic E-state index is 0.662. The molecule has 2 aliphatic heterocycles. The van der Waals surface area contributed by atoms with Crippen LogP contribution in [-0.4, -0.2) is 12.7 Å². The molecule has 0 aromatic heterocycles. The summed E-state index contributed by atoms with van der Waals surface area (Å²) in [5.41, 5.74) is 2.01. The van der Waals surface area contributed by atoms with E-state index in [4.69, 9.17) is 0 Å². The lowest BCUT2D eigenvalue weighted by molar-refractivity contribution is 1.01. The standard InChI is InChI=1S/C9H6N4/c1-2-8-9(13-5-12-8)6-3-10-4-11-7(1)6/h1-2,4-5H,3H2. The second-order valence-electron chi connectivity index (χ2n) is 2.89. The highest BCUT2D eigenvalue weighted by atomic mass is 14.9. The van der Waals surface area contributed by atoms with Crippen LogP contribution in [0.2, 0.25) is 0 Å². The molecule has 0 aliphatic carbocycles. The third-order valence-corrected chi connectivity index (χ3v) is 2.15. The molecule has 0 fully saturated rings. The summed E-state index contributed by atoms with van der Waals surface area (Å²) in [5.74, 6) is 0. The van der Waals surface area contributed by atoms with E-state index < -0.39 is 0 Å². The predicted molar refractivity (Wildman–Crippen MR) is 49.1 cm³/mol. The first-order valence-electron chi connectivity index (χ1n) is 4.03. The maximum absolute atomic E-state index is 4.19. The number of benzene rings is 1. The fraction of sp³-hybridized carbons (Fsp3) is 0.111. The van der Waals surface area contributed by atoms with Gasteiger partial charge in [-0.15, -0.1) is 0 Å². The van der Waals surface area contributed by atoms with Crippen molar-refractivity contribution in [1.29, 1.82) is 0 Å². The van der Waals surface area contributed by atoms with Crippen molar-refractivity contribution >= 4 is 18.4 Å². The highest BCUT2D eigenvalue weighted by molar-refractivity contribution is 5.69. The van der Waals surface area contributed by atoms with Gasteiger partial charge in [0, 0.05) is 5.56 Å². The first kappa shape index (κ1) is 6.65. The largest absolute Gasteiger partial charge is 0.269 e. The SMILES string of the molecule is C1=NCc2c3c(ccc2=N1)=NC=N3. The van der Waals surface area contributed by atoms with Gasteiger partial charge >= 0.3 is 0 Å². The molecule has 13 heavy (non-hydrogen) atoms. The zero-order valence-corrected chi connectivity index (χ0v) is 6.81. The Morgan fingerprint density at radius 3 is 2.85 bits per heavy atom. The molecular formula is C9H6N4. The molecule has 0 N–H and O–H groups in total. The van der Waals surface area contributed by atoms with Gasteiger partial charge in [-0.05, 0) is 12.1 Å². The van der Waals surface area contributed by atoms with E-state index in [-0.39, 0.29) is 0 Å². The van der Waals surface area contributed by atoms with E-state index in [0.717, 1.165) is 22.0 Å². The van der Waals surface area contributed by atoms with Gasteiger partial charge < -0.3 is 0 Å². The summed E-state index contributed by atoms with van der Waals surface area (Å²) in [6.07, 6.45) is 3.16. The van der Waals surface area contributed by atoms with E-state index in [2.05, 4.69) is 20.0 Å². The van der Waals surface area contributed by atoms with E-state index in [9.17, 15) is 0 Å². The third kappa shape index (κ3) is 0.853. The van der Waals surface area contributed by atoms with Crippen molar-refractivity contribution in [2.75, 3.05) is 0 Å². The number of fused-ring (bicyclic) bond motifs is 3. The Labute approximate surface area is 74.1 Å². The average molecular weight is 170 g/mol. The Balaban J connectivity index is 2.47. The number of nitrogens with zero attached hydrogens (tertiary/aromatic N) is 4. The molecule has 1 aromatic carbocycles. The molecule has 0 bridgehead atoms. The summed E-state index contributed by atoms with van der Waals surface area (Å²) >= 11 is 0. The number of hydrogen-bond acceptors (Lipinski definition) is 4. The summed E-state index contributed by atoms with van der Waals surface area (Å²) in [6.45, 7) is 0.662. The molecule has 62 valence electrons. The van der Waals surface area contributed by atoms with Crippen LogP contribution in [0.1, 0.15) is 5.56 Å². The zero-order chi connectivity index (χ0) is 8.67. The Morgan fingerprint density at radius 1 is 1.00 bits per heavy atom. The van der Waals surface area contributed by atoms with Crippen LogP contribution in [0.25, 0.3) is 0 Å². The third-order valence-electron chi connectivity index (χ3n) is 2.15. The summed E-state index contributed by atoms with van der Waals surface area (Å²) < 4.78 is 0. The first-order valence-corrected chi connectivity index (χ1v) is 4.03. The van der Waals surface area contributed by atoms with Crippen LogP contribution in [0.4, 0.5) is 5.69 Å². The molecule has 2 aliphatic rings. The molecule has 4 heteroatoms. The zero-order valence-electron chi connectivity index (χ0n) is 6.81.